The molecule has 0 N–H and O–H groups in total. The van der Waals surface area contributed by atoms with Gasteiger partial charge in [0.05, 0.1) is 0 Å². The van der Waals surface area contributed by atoms with E-state index in [4.69, 9.17) is 0 Å². The molecule has 3 rings (SSSR count). The lowest BCUT2D eigenvalue weighted by Gasteiger charge is -2.35. The molecule has 1 aromatic rings. The Hall–Kier alpha value is -1.18. The Balaban J connectivity index is 1.53. The van der Waals surface area contributed by atoms with Crippen molar-refractivity contribution in [3.8, 4) is 0 Å². The molecule has 0 aromatic heterocycles. The average molecular weight is 361 g/mol. The Kier molecular flexibility index (Phi) is 6.89. The molecule has 1 saturated carbocycles. The minimum Gasteiger partial charge on any atom is -0.203 e. The van der Waals surface area contributed by atoms with Crippen LogP contribution in [0, 0.1) is 36.3 Å². The van der Waals surface area contributed by atoms with Crippen LogP contribution in [-0.2, 0) is 0 Å². The Labute approximate surface area is 158 Å². The summed E-state index contributed by atoms with van der Waals surface area (Å²) >= 11 is 0. The summed E-state index contributed by atoms with van der Waals surface area (Å²) in [5, 5.41) is 0. The summed E-state index contributed by atoms with van der Waals surface area (Å²) < 4.78 is 28.1. The lowest BCUT2D eigenvalue weighted by molar-refractivity contribution is 0.207. The quantitative estimate of drug-likeness (QED) is 0.360. The normalized spacial score (nSPS) is 29.1. The first-order valence-corrected chi connectivity index (χ1v) is 10.7. The highest BCUT2D eigenvalue weighted by atomic mass is 19.2. The smallest absolute Gasteiger partial charge is 0.162 e. The van der Waals surface area contributed by atoms with E-state index >= 15 is 0 Å². The number of halogens is 2. The van der Waals surface area contributed by atoms with Crippen LogP contribution in [-0.4, -0.2) is 0 Å². The first-order valence-electron chi connectivity index (χ1n) is 10.7. The second-order valence-electron chi connectivity index (χ2n) is 8.61. The van der Waals surface area contributed by atoms with E-state index in [0.717, 1.165) is 24.7 Å². The van der Waals surface area contributed by atoms with E-state index in [1.165, 1.54) is 51.4 Å². The SMILES string of the molecule is CCCCCC1CCC(C2C=CC(c3ccc(C)c(F)c3F)CC2)CC1. The van der Waals surface area contributed by atoms with Gasteiger partial charge >= 0.3 is 0 Å². The molecule has 0 amide bonds. The fourth-order valence-corrected chi connectivity index (χ4v) is 5.03. The van der Waals surface area contributed by atoms with Crippen molar-refractivity contribution < 1.29 is 8.78 Å². The maximum absolute atomic E-state index is 14.3. The van der Waals surface area contributed by atoms with Gasteiger partial charge in [0.25, 0.3) is 0 Å². The molecule has 0 bridgehead atoms. The average Bonchev–Trinajstić information content (AvgIpc) is 2.67. The van der Waals surface area contributed by atoms with Gasteiger partial charge in [0.15, 0.2) is 11.6 Å². The van der Waals surface area contributed by atoms with Crippen LogP contribution in [0.25, 0.3) is 0 Å². The fourth-order valence-electron chi connectivity index (χ4n) is 5.03. The van der Waals surface area contributed by atoms with Gasteiger partial charge in [-0.1, -0.05) is 69.7 Å². The van der Waals surface area contributed by atoms with Gasteiger partial charge in [0.1, 0.15) is 0 Å². The highest BCUT2D eigenvalue weighted by Crippen LogP contribution is 2.42. The van der Waals surface area contributed by atoms with Crippen molar-refractivity contribution in [1.82, 2.24) is 0 Å². The van der Waals surface area contributed by atoms with E-state index in [1.807, 2.05) is 0 Å². The van der Waals surface area contributed by atoms with Gasteiger partial charge in [-0.3, -0.25) is 0 Å². The minimum absolute atomic E-state index is 0.0340. The van der Waals surface area contributed by atoms with E-state index in [2.05, 4.69) is 19.1 Å². The molecular weight excluding hydrogens is 326 g/mol. The summed E-state index contributed by atoms with van der Waals surface area (Å²) in [5.74, 6) is 1.09. The summed E-state index contributed by atoms with van der Waals surface area (Å²) in [5.41, 5.74) is 0.919. The summed E-state index contributed by atoms with van der Waals surface area (Å²) in [6.45, 7) is 3.89. The largest absolute Gasteiger partial charge is 0.203 e. The molecule has 0 radical (unpaired) electrons. The van der Waals surface area contributed by atoms with Crippen LogP contribution >= 0.6 is 0 Å². The molecule has 1 aromatic carbocycles. The van der Waals surface area contributed by atoms with Gasteiger partial charge in [-0.15, -0.1) is 0 Å². The molecule has 2 aliphatic rings. The zero-order chi connectivity index (χ0) is 18.5. The van der Waals surface area contributed by atoms with Crippen molar-refractivity contribution in [1.29, 1.82) is 0 Å². The van der Waals surface area contributed by atoms with Crippen molar-refractivity contribution in [3.05, 3.63) is 47.0 Å². The standard InChI is InChI=1S/C24H34F2/c1-3-4-5-6-18-8-10-19(11-9-18)20-12-14-21(15-13-20)22-16-7-17(2)23(25)24(22)26/h7,12,14,16,18-21H,3-6,8-11,13,15H2,1-2H3. The van der Waals surface area contributed by atoms with E-state index in [-0.39, 0.29) is 5.92 Å². The second-order valence-corrected chi connectivity index (χ2v) is 8.61. The highest BCUT2D eigenvalue weighted by Gasteiger charge is 2.29. The van der Waals surface area contributed by atoms with Crippen molar-refractivity contribution in [3.63, 3.8) is 0 Å². The molecule has 1 fully saturated rings. The van der Waals surface area contributed by atoms with Crippen LogP contribution in [0.1, 0.15) is 88.2 Å². The first-order chi connectivity index (χ1) is 12.6. The van der Waals surface area contributed by atoms with Crippen molar-refractivity contribution in [2.24, 2.45) is 17.8 Å². The van der Waals surface area contributed by atoms with Gasteiger partial charge in [-0.25, -0.2) is 8.78 Å². The summed E-state index contributed by atoms with van der Waals surface area (Å²) in [4.78, 5) is 0. The third-order valence-electron chi connectivity index (χ3n) is 6.82. The third-order valence-corrected chi connectivity index (χ3v) is 6.82. The van der Waals surface area contributed by atoms with Crippen LogP contribution in [0.3, 0.4) is 0 Å². The minimum atomic E-state index is -0.681. The van der Waals surface area contributed by atoms with Crippen LogP contribution in [0.15, 0.2) is 24.3 Å². The molecule has 0 nitrogen and oxygen atoms in total. The Morgan fingerprint density at radius 2 is 1.65 bits per heavy atom. The summed E-state index contributed by atoms with van der Waals surface area (Å²) in [6.07, 6.45) is 17.5. The molecule has 144 valence electrons. The van der Waals surface area contributed by atoms with Crippen molar-refractivity contribution >= 4 is 0 Å². The van der Waals surface area contributed by atoms with Crippen LogP contribution in [0.5, 0.6) is 0 Å². The number of aryl methyl sites for hydroxylation is 1. The van der Waals surface area contributed by atoms with Gasteiger partial charge < -0.3 is 0 Å². The fraction of sp³-hybridized carbons (Fsp3) is 0.667. The molecule has 2 heteroatoms. The molecule has 0 heterocycles. The monoisotopic (exact) mass is 360 g/mol. The molecule has 2 atom stereocenters. The maximum Gasteiger partial charge on any atom is 0.162 e. The van der Waals surface area contributed by atoms with Crippen molar-refractivity contribution in [2.75, 3.05) is 0 Å². The summed E-state index contributed by atoms with van der Waals surface area (Å²) in [6, 6.07) is 3.47. The Morgan fingerprint density at radius 3 is 2.31 bits per heavy atom. The van der Waals surface area contributed by atoms with E-state index in [1.54, 1.807) is 19.1 Å². The molecule has 0 spiro atoms. The van der Waals surface area contributed by atoms with E-state index < -0.39 is 11.6 Å². The zero-order valence-corrected chi connectivity index (χ0v) is 16.4. The van der Waals surface area contributed by atoms with Crippen LogP contribution in [0.4, 0.5) is 8.78 Å². The molecule has 26 heavy (non-hydrogen) atoms. The van der Waals surface area contributed by atoms with E-state index in [0.29, 0.717) is 17.0 Å². The van der Waals surface area contributed by atoms with Crippen LogP contribution < -0.4 is 0 Å². The number of rotatable bonds is 6. The van der Waals surface area contributed by atoms with Crippen LogP contribution in [0.2, 0.25) is 0 Å². The summed E-state index contributed by atoms with van der Waals surface area (Å²) in [7, 11) is 0. The molecule has 0 saturated heterocycles. The maximum atomic E-state index is 14.3. The predicted octanol–water partition coefficient (Wildman–Crippen LogP) is 7.71. The Morgan fingerprint density at radius 1 is 0.885 bits per heavy atom. The number of benzene rings is 1. The van der Waals surface area contributed by atoms with Gasteiger partial charge in [-0.05, 0) is 61.5 Å². The topological polar surface area (TPSA) is 0 Å². The zero-order valence-electron chi connectivity index (χ0n) is 16.4. The molecular formula is C24H34F2. The van der Waals surface area contributed by atoms with Gasteiger partial charge in [0, 0.05) is 5.92 Å². The number of unbranched alkanes of at least 4 members (excludes halogenated alkanes) is 2. The number of hydrogen-bond acceptors (Lipinski definition) is 0. The molecule has 2 aliphatic carbocycles. The van der Waals surface area contributed by atoms with Crippen molar-refractivity contribution in [2.45, 2.75) is 84.0 Å². The second kappa shape index (κ2) is 9.15. The first kappa shape index (κ1) is 19.6. The lowest BCUT2D eigenvalue weighted by Crippen LogP contribution is -2.23. The van der Waals surface area contributed by atoms with Gasteiger partial charge in [-0.2, -0.15) is 0 Å². The highest BCUT2D eigenvalue weighted by molar-refractivity contribution is 5.31. The van der Waals surface area contributed by atoms with E-state index in [9.17, 15) is 8.78 Å². The lowest BCUT2D eigenvalue weighted by atomic mass is 9.70. The molecule has 0 aliphatic heterocycles. The number of allylic oxidation sites excluding steroid dienone is 2. The number of hydrogen-bond donors (Lipinski definition) is 0. The predicted molar refractivity (Wildman–Crippen MR) is 105 cm³/mol. The third kappa shape index (κ3) is 4.56. The molecule has 2 unspecified atom stereocenters. The van der Waals surface area contributed by atoms with Gasteiger partial charge in [0.2, 0.25) is 0 Å². The Bertz CT molecular complexity index is 611.